The molecule has 2 aromatic heterocycles. The SMILES string of the molecule is CCn1ncc2c(NC3CCOCC3)c(C3=NC(CC4CCCCC4)=C(C)CCO3)cnc21. The van der Waals surface area contributed by atoms with E-state index in [1.54, 1.807) is 0 Å². The summed E-state index contributed by atoms with van der Waals surface area (Å²) in [6.07, 6.45) is 14.6. The van der Waals surface area contributed by atoms with Crippen LogP contribution < -0.4 is 5.32 Å². The van der Waals surface area contributed by atoms with Gasteiger partial charge in [-0.2, -0.15) is 5.10 Å². The van der Waals surface area contributed by atoms with E-state index in [9.17, 15) is 0 Å². The van der Waals surface area contributed by atoms with E-state index in [1.807, 2.05) is 17.1 Å². The Kier molecular flexibility index (Phi) is 6.95. The zero-order valence-corrected chi connectivity index (χ0v) is 20.1. The number of hydrogen-bond acceptors (Lipinski definition) is 6. The summed E-state index contributed by atoms with van der Waals surface area (Å²) in [5.74, 6) is 1.45. The summed E-state index contributed by atoms with van der Waals surface area (Å²) in [6, 6.07) is 0.360. The maximum Gasteiger partial charge on any atom is 0.224 e. The van der Waals surface area contributed by atoms with Crippen LogP contribution in [0.4, 0.5) is 5.69 Å². The van der Waals surface area contributed by atoms with E-state index < -0.39 is 0 Å². The number of allylic oxidation sites excluding steroid dienone is 1. The number of aryl methyl sites for hydroxylation is 1. The summed E-state index contributed by atoms with van der Waals surface area (Å²) >= 11 is 0. The molecular formula is C26H37N5O2. The van der Waals surface area contributed by atoms with Gasteiger partial charge in [0.25, 0.3) is 0 Å². The number of anilines is 1. The maximum absolute atomic E-state index is 6.27. The van der Waals surface area contributed by atoms with Gasteiger partial charge in [0.1, 0.15) is 0 Å². The largest absolute Gasteiger partial charge is 0.477 e. The fraction of sp³-hybridized carbons (Fsp3) is 0.654. The maximum atomic E-state index is 6.27. The number of ether oxygens (including phenoxy) is 2. The van der Waals surface area contributed by atoms with Crippen LogP contribution >= 0.6 is 0 Å². The van der Waals surface area contributed by atoms with Crippen LogP contribution in [0.5, 0.6) is 0 Å². The van der Waals surface area contributed by atoms with Crippen molar-refractivity contribution < 1.29 is 9.47 Å². The molecule has 33 heavy (non-hydrogen) atoms. The van der Waals surface area contributed by atoms with Crippen LogP contribution in [0.25, 0.3) is 11.0 Å². The number of aromatic nitrogens is 3. The number of hydrogen-bond donors (Lipinski definition) is 1. The molecule has 3 aliphatic rings. The zero-order chi connectivity index (χ0) is 22.6. The summed E-state index contributed by atoms with van der Waals surface area (Å²) in [5, 5.41) is 9.41. The minimum atomic E-state index is 0.360. The lowest BCUT2D eigenvalue weighted by Crippen LogP contribution is -2.29. The Morgan fingerprint density at radius 1 is 1.06 bits per heavy atom. The number of pyridine rings is 1. The molecule has 5 rings (SSSR count). The Morgan fingerprint density at radius 2 is 1.88 bits per heavy atom. The molecule has 7 heteroatoms. The fourth-order valence-electron chi connectivity index (χ4n) is 5.34. The second kappa shape index (κ2) is 10.2. The monoisotopic (exact) mass is 451 g/mol. The molecule has 1 saturated heterocycles. The molecule has 178 valence electrons. The summed E-state index contributed by atoms with van der Waals surface area (Å²) in [4.78, 5) is 9.94. The van der Waals surface area contributed by atoms with E-state index >= 15 is 0 Å². The Balaban J connectivity index is 1.52. The van der Waals surface area contributed by atoms with Crippen molar-refractivity contribution in [1.82, 2.24) is 14.8 Å². The van der Waals surface area contributed by atoms with Crippen molar-refractivity contribution >= 4 is 22.6 Å². The minimum absolute atomic E-state index is 0.360. The van der Waals surface area contributed by atoms with Gasteiger partial charge in [0.15, 0.2) is 5.65 Å². The predicted octanol–water partition coefficient (Wildman–Crippen LogP) is 5.45. The molecule has 7 nitrogen and oxygen atoms in total. The third-order valence-electron chi connectivity index (χ3n) is 7.42. The Labute approximate surface area is 196 Å². The van der Waals surface area contributed by atoms with E-state index in [4.69, 9.17) is 19.5 Å². The normalized spacial score (nSPS) is 21.1. The van der Waals surface area contributed by atoms with Gasteiger partial charge >= 0.3 is 0 Å². The van der Waals surface area contributed by atoms with E-state index in [-0.39, 0.29) is 0 Å². The highest BCUT2D eigenvalue weighted by molar-refractivity contribution is 6.07. The first-order chi connectivity index (χ1) is 16.2. The van der Waals surface area contributed by atoms with Gasteiger partial charge in [-0.15, -0.1) is 0 Å². The van der Waals surface area contributed by atoms with Crippen LogP contribution in [0.15, 0.2) is 28.7 Å². The number of aliphatic imine (C=N–C) groups is 1. The molecular weight excluding hydrogens is 414 g/mol. The van der Waals surface area contributed by atoms with Gasteiger partial charge in [0, 0.05) is 44.1 Å². The molecule has 0 amide bonds. The molecule has 0 aromatic carbocycles. The highest BCUT2D eigenvalue weighted by Gasteiger charge is 2.24. The standard InChI is InChI=1S/C26H37N5O2/c1-3-31-25-21(17-28-31)24(29-20-10-12-32-13-11-20)22(16-27-25)26-30-23(18(2)9-14-33-26)15-19-7-5-4-6-8-19/h16-17,19-20H,3-15H2,1-2H3,(H,27,29). The Hall–Kier alpha value is -2.41. The van der Waals surface area contributed by atoms with Crippen LogP contribution in [-0.2, 0) is 16.0 Å². The number of nitrogens with one attached hydrogen (secondary N) is 1. The van der Waals surface area contributed by atoms with Crippen molar-refractivity contribution in [2.24, 2.45) is 10.9 Å². The first-order valence-electron chi connectivity index (χ1n) is 12.8. The minimum Gasteiger partial charge on any atom is -0.477 e. The van der Waals surface area contributed by atoms with Crippen LogP contribution in [0.2, 0.25) is 0 Å². The quantitative estimate of drug-likeness (QED) is 0.632. The lowest BCUT2D eigenvalue weighted by atomic mass is 9.85. The van der Waals surface area contributed by atoms with Gasteiger partial charge in [-0.3, -0.25) is 0 Å². The zero-order valence-electron chi connectivity index (χ0n) is 20.1. The highest BCUT2D eigenvalue weighted by Crippen LogP contribution is 2.34. The molecule has 2 fully saturated rings. The molecule has 2 aromatic rings. The van der Waals surface area contributed by atoms with E-state index in [2.05, 4.69) is 24.3 Å². The molecule has 0 atom stereocenters. The average Bonchev–Trinajstić information content (AvgIpc) is 3.19. The van der Waals surface area contributed by atoms with Gasteiger partial charge in [-0.25, -0.2) is 14.7 Å². The van der Waals surface area contributed by atoms with E-state index in [0.29, 0.717) is 18.5 Å². The summed E-state index contributed by atoms with van der Waals surface area (Å²) in [5.41, 5.74) is 5.47. The summed E-state index contributed by atoms with van der Waals surface area (Å²) in [7, 11) is 0. The second-order valence-corrected chi connectivity index (χ2v) is 9.73. The molecule has 1 saturated carbocycles. The van der Waals surface area contributed by atoms with Crippen molar-refractivity contribution in [2.45, 2.75) is 84.2 Å². The molecule has 1 N–H and O–H groups in total. The predicted molar refractivity (Wildman–Crippen MR) is 132 cm³/mol. The molecule has 2 aliphatic heterocycles. The lowest BCUT2D eigenvalue weighted by molar-refractivity contribution is 0.0905. The van der Waals surface area contributed by atoms with Crippen LogP contribution in [0, 0.1) is 5.92 Å². The van der Waals surface area contributed by atoms with Crippen LogP contribution in [0.1, 0.15) is 77.2 Å². The number of rotatable bonds is 6. The Bertz CT molecular complexity index is 1030. The highest BCUT2D eigenvalue weighted by atomic mass is 16.5. The van der Waals surface area contributed by atoms with Crippen molar-refractivity contribution in [3.8, 4) is 0 Å². The fourth-order valence-corrected chi connectivity index (χ4v) is 5.34. The van der Waals surface area contributed by atoms with Gasteiger partial charge in [0.2, 0.25) is 5.90 Å². The smallest absolute Gasteiger partial charge is 0.224 e. The van der Waals surface area contributed by atoms with Gasteiger partial charge < -0.3 is 14.8 Å². The van der Waals surface area contributed by atoms with E-state index in [0.717, 1.165) is 73.6 Å². The lowest BCUT2D eigenvalue weighted by Gasteiger charge is -2.26. The van der Waals surface area contributed by atoms with Crippen molar-refractivity contribution in [3.05, 3.63) is 29.2 Å². The first-order valence-corrected chi connectivity index (χ1v) is 12.8. The van der Waals surface area contributed by atoms with Gasteiger partial charge in [-0.1, -0.05) is 32.1 Å². The van der Waals surface area contributed by atoms with Gasteiger partial charge in [-0.05, 0) is 44.6 Å². The number of nitrogens with zero attached hydrogens (tertiary/aromatic N) is 4. The molecule has 0 spiro atoms. The average molecular weight is 452 g/mol. The first kappa shape index (κ1) is 22.4. The third-order valence-corrected chi connectivity index (χ3v) is 7.42. The van der Waals surface area contributed by atoms with E-state index in [1.165, 1.54) is 43.4 Å². The Morgan fingerprint density at radius 3 is 2.67 bits per heavy atom. The summed E-state index contributed by atoms with van der Waals surface area (Å²) in [6.45, 7) is 7.35. The van der Waals surface area contributed by atoms with Crippen molar-refractivity contribution in [3.63, 3.8) is 0 Å². The van der Waals surface area contributed by atoms with Crippen LogP contribution in [0.3, 0.4) is 0 Å². The second-order valence-electron chi connectivity index (χ2n) is 9.73. The molecule has 4 heterocycles. The van der Waals surface area contributed by atoms with Gasteiger partial charge in [0.05, 0.1) is 29.4 Å². The molecule has 0 bridgehead atoms. The topological polar surface area (TPSA) is 73.6 Å². The molecule has 0 radical (unpaired) electrons. The number of fused-ring (bicyclic) bond motifs is 1. The van der Waals surface area contributed by atoms with Crippen molar-refractivity contribution in [2.75, 3.05) is 25.1 Å². The van der Waals surface area contributed by atoms with Crippen LogP contribution in [-0.4, -0.2) is 46.5 Å². The molecule has 0 unspecified atom stereocenters. The molecule has 1 aliphatic carbocycles. The van der Waals surface area contributed by atoms with Crippen molar-refractivity contribution in [1.29, 1.82) is 0 Å². The summed E-state index contributed by atoms with van der Waals surface area (Å²) < 4.78 is 13.8. The third kappa shape index (κ3) is 4.93.